The van der Waals surface area contributed by atoms with Crippen LogP contribution < -0.4 is 26.0 Å². The molecule has 0 aliphatic heterocycles. The number of phenols is 2. The third kappa shape index (κ3) is 9.73. The van der Waals surface area contributed by atoms with E-state index in [1.807, 2.05) is 0 Å². The number of amides is 4. The number of non-ortho nitro benzene ring substituents is 2. The van der Waals surface area contributed by atoms with Gasteiger partial charge in [0.25, 0.3) is 11.4 Å². The number of urea groups is 2. The normalized spacial score (nSPS) is 10.4. The highest BCUT2D eigenvalue weighted by Crippen LogP contribution is 2.32. The molecule has 0 bridgehead atoms. The zero-order valence-corrected chi connectivity index (χ0v) is 23.4. The summed E-state index contributed by atoms with van der Waals surface area (Å²) in [5.41, 5.74) is -1.26. The van der Waals surface area contributed by atoms with Gasteiger partial charge >= 0.3 is 18.2 Å². The zero-order chi connectivity index (χ0) is 34.0. The number of nitrogens with one attached hydrogen (secondary N) is 4. The van der Waals surface area contributed by atoms with Gasteiger partial charge < -0.3 is 36.2 Å². The van der Waals surface area contributed by atoms with Crippen molar-refractivity contribution in [3.8, 4) is 17.2 Å². The van der Waals surface area contributed by atoms with Crippen molar-refractivity contribution >= 4 is 46.2 Å². The fourth-order valence-electron chi connectivity index (χ4n) is 3.52. The predicted octanol–water partition coefficient (Wildman–Crippen LogP) is 6.92. The molecule has 15 nitrogen and oxygen atoms in total. The van der Waals surface area contributed by atoms with E-state index in [9.17, 15) is 53.2 Å². The Labute approximate surface area is 256 Å². The van der Waals surface area contributed by atoms with Gasteiger partial charge in [0.1, 0.15) is 17.2 Å². The molecule has 0 heterocycles. The number of hydrogen-bond acceptors (Lipinski definition) is 9. The number of benzene rings is 4. The quantitative estimate of drug-likeness (QED) is 0.0698. The van der Waals surface area contributed by atoms with Crippen molar-refractivity contribution in [2.75, 3.05) is 28.4 Å². The largest absolute Gasteiger partial charge is 0.506 e. The lowest BCUT2D eigenvalue weighted by atomic mass is 10.2. The average Bonchev–Trinajstić information content (AvgIpc) is 2.99. The molecule has 0 unspecified atom stereocenters. The predicted molar refractivity (Wildman–Crippen MR) is 159 cm³/mol. The van der Waals surface area contributed by atoms with Crippen LogP contribution in [0.3, 0.4) is 0 Å². The van der Waals surface area contributed by atoms with Crippen molar-refractivity contribution in [2.24, 2.45) is 0 Å². The Hall–Kier alpha value is -6.59. The number of nitro groups is 2. The van der Waals surface area contributed by atoms with E-state index in [2.05, 4.69) is 21.3 Å². The van der Waals surface area contributed by atoms with Crippen LogP contribution in [-0.2, 0) is 6.18 Å². The molecule has 0 saturated carbocycles. The van der Waals surface area contributed by atoms with Crippen LogP contribution in [0.4, 0.5) is 56.9 Å². The van der Waals surface area contributed by atoms with Gasteiger partial charge in [-0.2, -0.15) is 13.2 Å². The van der Waals surface area contributed by atoms with E-state index in [1.54, 1.807) is 24.3 Å². The number of methoxy groups -OCH3 is 1. The van der Waals surface area contributed by atoms with E-state index in [-0.39, 0.29) is 28.4 Å². The number of alkyl halides is 3. The summed E-state index contributed by atoms with van der Waals surface area (Å²) in [6, 6.07) is 15.6. The van der Waals surface area contributed by atoms with Gasteiger partial charge in [0.05, 0.1) is 46.0 Å². The molecule has 6 N–H and O–H groups in total. The van der Waals surface area contributed by atoms with Crippen LogP contribution in [-0.4, -0.2) is 39.2 Å². The Bertz CT molecular complexity index is 1770. The van der Waals surface area contributed by atoms with Crippen LogP contribution in [0, 0.1) is 20.2 Å². The third-order valence-electron chi connectivity index (χ3n) is 5.66. The number of ether oxygens (including phenoxy) is 1. The molecule has 0 saturated heterocycles. The molecule has 0 atom stereocenters. The number of hydrogen-bond donors (Lipinski definition) is 6. The molecule has 46 heavy (non-hydrogen) atoms. The van der Waals surface area contributed by atoms with Crippen molar-refractivity contribution in [2.45, 2.75) is 6.18 Å². The number of nitrogens with zero attached hydrogens (tertiary/aromatic N) is 2. The SMILES string of the molecule is COc1cccc(NC(=O)Nc2ccc([N+](=O)[O-])cc2O)c1.O=C(Nc1cccc(C(F)(F)F)c1)Nc1ccc([N+](=O)[O-])cc1O. The second-order valence-corrected chi connectivity index (χ2v) is 8.89. The number of phenolic OH excluding ortho intramolecular Hbond substituents is 2. The maximum Gasteiger partial charge on any atom is 0.416 e. The minimum absolute atomic E-state index is 0.0611. The van der Waals surface area contributed by atoms with E-state index < -0.39 is 45.1 Å². The van der Waals surface area contributed by atoms with Gasteiger partial charge in [0.15, 0.2) is 0 Å². The summed E-state index contributed by atoms with van der Waals surface area (Å²) < 4.78 is 42.8. The molecule has 0 aliphatic carbocycles. The lowest BCUT2D eigenvalue weighted by molar-refractivity contribution is -0.385. The summed E-state index contributed by atoms with van der Waals surface area (Å²) in [6.45, 7) is 0. The molecule has 0 radical (unpaired) electrons. The monoisotopic (exact) mass is 644 g/mol. The van der Waals surface area contributed by atoms with Crippen molar-refractivity contribution in [3.63, 3.8) is 0 Å². The molecule has 18 heteroatoms. The molecule has 0 aliphatic rings. The summed E-state index contributed by atoms with van der Waals surface area (Å²) in [5.74, 6) is -0.366. The van der Waals surface area contributed by atoms with Crippen LogP contribution >= 0.6 is 0 Å². The molecular formula is C28H23F3N6O9. The Morgan fingerprint density at radius 1 is 0.696 bits per heavy atom. The smallest absolute Gasteiger partial charge is 0.416 e. The van der Waals surface area contributed by atoms with Crippen LogP contribution in [0.15, 0.2) is 84.9 Å². The Morgan fingerprint density at radius 2 is 1.15 bits per heavy atom. The molecule has 4 aromatic carbocycles. The molecule has 0 spiro atoms. The molecule has 4 aromatic rings. The maximum absolute atomic E-state index is 12.6. The van der Waals surface area contributed by atoms with Crippen LogP contribution in [0.5, 0.6) is 17.2 Å². The summed E-state index contributed by atoms with van der Waals surface area (Å²) in [4.78, 5) is 43.4. The van der Waals surface area contributed by atoms with Gasteiger partial charge in [-0.3, -0.25) is 20.2 Å². The fraction of sp³-hybridized carbons (Fsp3) is 0.0714. The first-order chi connectivity index (χ1) is 21.7. The number of halogens is 3. The van der Waals surface area contributed by atoms with E-state index in [1.165, 1.54) is 25.3 Å². The molecule has 240 valence electrons. The first-order valence-electron chi connectivity index (χ1n) is 12.6. The Morgan fingerprint density at radius 3 is 1.57 bits per heavy atom. The van der Waals surface area contributed by atoms with E-state index in [4.69, 9.17) is 4.74 Å². The topological polar surface area (TPSA) is 218 Å². The highest BCUT2D eigenvalue weighted by atomic mass is 19.4. The first-order valence-corrected chi connectivity index (χ1v) is 12.6. The van der Waals surface area contributed by atoms with E-state index >= 15 is 0 Å². The number of rotatable bonds is 7. The van der Waals surface area contributed by atoms with Gasteiger partial charge in [-0.1, -0.05) is 12.1 Å². The Balaban J connectivity index is 0.000000251. The minimum Gasteiger partial charge on any atom is -0.506 e. The molecule has 4 rings (SSSR count). The second kappa shape index (κ2) is 14.7. The number of anilines is 4. The molecule has 4 amide bonds. The van der Waals surface area contributed by atoms with Crippen molar-refractivity contribution < 1.29 is 47.6 Å². The summed E-state index contributed by atoms with van der Waals surface area (Å²) in [5, 5.41) is 49.7. The highest BCUT2D eigenvalue weighted by Gasteiger charge is 2.30. The lowest BCUT2D eigenvalue weighted by Crippen LogP contribution is -2.20. The van der Waals surface area contributed by atoms with Gasteiger partial charge in [0.2, 0.25) is 0 Å². The average molecular weight is 645 g/mol. The minimum atomic E-state index is -4.55. The van der Waals surface area contributed by atoms with Gasteiger partial charge in [-0.05, 0) is 42.5 Å². The number of carbonyl (C=O) groups is 2. The number of carbonyl (C=O) groups excluding carboxylic acids is 2. The van der Waals surface area contributed by atoms with Crippen molar-refractivity contribution in [1.29, 1.82) is 0 Å². The van der Waals surface area contributed by atoms with Gasteiger partial charge in [-0.25, -0.2) is 9.59 Å². The highest BCUT2D eigenvalue weighted by molar-refractivity contribution is 6.01. The van der Waals surface area contributed by atoms with Crippen molar-refractivity contribution in [3.05, 3.63) is 111 Å². The molecule has 0 aromatic heterocycles. The maximum atomic E-state index is 12.6. The van der Waals surface area contributed by atoms with E-state index in [0.717, 1.165) is 42.5 Å². The van der Waals surface area contributed by atoms with Gasteiger partial charge in [0, 0.05) is 29.6 Å². The molecule has 0 fully saturated rings. The number of aromatic hydroxyl groups is 2. The molecular weight excluding hydrogens is 621 g/mol. The zero-order valence-electron chi connectivity index (χ0n) is 23.4. The second-order valence-electron chi connectivity index (χ2n) is 8.89. The summed E-state index contributed by atoms with van der Waals surface area (Å²) in [7, 11) is 1.51. The Kier molecular flexibility index (Phi) is 10.9. The number of nitro benzene ring substituents is 2. The standard InChI is InChI=1S/C14H10F3N3O4.C14H13N3O5/c15-14(16,17)8-2-1-3-9(6-8)18-13(22)19-11-5-4-10(20(23)24)7-12(11)21;1-22-11-4-2-3-9(7-11)15-14(19)16-12-6-5-10(17(20)21)8-13(12)18/h1-7,21H,(H2,18,19,22);2-8,18H,1H3,(H2,15,16,19). The third-order valence-corrected chi connectivity index (χ3v) is 5.66. The summed E-state index contributed by atoms with van der Waals surface area (Å²) in [6.07, 6.45) is -4.55. The summed E-state index contributed by atoms with van der Waals surface area (Å²) >= 11 is 0. The van der Waals surface area contributed by atoms with Crippen LogP contribution in [0.2, 0.25) is 0 Å². The van der Waals surface area contributed by atoms with E-state index in [0.29, 0.717) is 11.4 Å². The fourth-order valence-corrected chi connectivity index (χ4v) is 3.52. The van der Waals surface area contributed by atoms with Crippen LogP contribution in [0.25, 0.3) is 0 Å². The van der Waals surface area contributed by atoms with Crippen LogP contribution in [0.1, 0.15) is 5.56 Å². The van der Waals surface area contributed by atoms with Crippen molar-refractivity contribution in [1.82, 2.24) is 0 Å². The van der Waals surface area contributed by atoms with Gasteiger partial charge in [-0.15, -0.1) is 0 Å². The lowest BCUT2D eigenvalue weighted by Gasteiger charge is -2.11. The first kappa shape index (κ1) is 33.9.